The average Bonchev–Trinajstić information content (AvgIpc) is 3.08. The SMILES string of the molecule is Cc1cc(C(=O)N2CCN(CCNC(=O)C3C=CC(=O)N=N3)CC2)no1. The van der Waals surface area contributed by atoms with Crippen molar-refractivity contribution in [3.05, 3.63) is 29.7 Å². The zero-order valence-corrected chi connectivity index (χ0v) is 14.4. The fraction of sp³-hybridized carbons (Fsp3) is 0.500. The Morgan fingerprint density at radius 3 is 2.69 bits per heavy atom. The molecule has 0 aromatic carbocycles. The standard InChI is InChI=1S/C16H20N6O4/c1-11-10-13(20-26-11)16(25)22-8-6-21(7-9-22)5-4-17-15(24)12-2-3-14(23)19-18-12/h2-3,10,12H,4-9H2,1H3,(H,17,24). The maximum atomic E-state index is 12.3. The molecule has 3 amide bonds. The lowest BCUT2D eigenvalue weighted by Crippen LogP contribution is -2.50. The quantitative estimate of drug-likeness (QED) is 0.775. The molecule has 1 fully saturated rings. The van der Waals surface area contributed by atoms with E-state index in [4.69, 9.17) is 4.52 Å². The third-order valence-corrected chi connectivity index (χ3v) is 4.20. The Hall–Kier alpha value is -2.88. The average molecular weight is 360 g/mol. The summed E-state index contributed by atoms with van der Waals surface area (Å²) in [7, 11) is 0. The molecule has 3 rings (SSSR count). The number of azo groups is 1. The zero-order valence-electron chi connectivity index (χ0n) is 14.4. The van der Waals surface area contributed by atoms with E-state index in [1.54, 1.807) is 17.9 Å². The number of rotatable bonds is 5. The molecular weight excluding hydrogens is 340 g/mol. The largest absolute Gasteiger partial charge is 0.361 e. The van der Waals surface area contributed by atoms with E-state index in [9.17, 15) is 14.4 Å². The third kappa shape index (κ3) is 4.39. The van der Waals surface area contributed by atoms with Crippen LogP contribution in [0.2, 0.25) is 0 Å². The maximum absolute atomic E-state index is 12.3. The highest BCUT2D eigenvalue weighted by Gasteiger charge is 2.24. The van der Waals surface area contributed by atoms with Gasteiger partial charge in [0.25, 0.3) is 17.7 Å². The Labute approximate surface area is 149 Å². The van der Waals surface area contributed by atoms with Gasteiger partial charge in [0.15, 0.2) is 11.7 Å². The van der Waals surface area contributed by atoms with Crippen molar-refractivity contribution in [1.29, 1.82) is 0 Å². The van der Waals surface area contributed by atoms with Crippen molar-refractivity contribution in [3.63, 3.8) is 0 Å². The van der Waals surface area contributed by atoms with Gasteiger partial charge in [0.2, 0.25) is 0 Å². The van der Waals surface area contributed by atoms with Crippen molar-refractivity contribution in [2.45, 2.75) is 13.0 Å². The number of carbonyl (C=O) groups excluding carboxylic acids is 3. The van der Waals surface area contributed by atoms with Gasteiger partial charge in [-0.15, -0.1) is 5.11 Å². The lowest BCUT2D eigenvalue weighted by atomic mass is 10.2. The summed E-state index contributed by atoms with van der Waals surface area (Å²) in [5.74, 6) is -0.256. The number of aromatic nitrogens is 1. The fourth-order valence-electron chi connectivity index (χ4n) is 2.75. The van der Waals surface area contributed by atoms with Gasteiger partial charge in [-0.3, -0.25) is 19.3 Å². The predicted molar refractivity (Wildman–Crippen MR) is 89.4 cm³/mol. The molecule has 0 radical (unpaired) electrons. The summed E-state index contributed by atoms with van der Waals surface area (Å²) >= 11 is 0. The van der Waals surface area contributed by atoms with E-state index in [-0.39, 0.29) is 11.8 Å². The molecule has 1 atom stereocenters. The van der Waals surface area contributed by atoms with Crippen LogP contribution in [0, 0.1) is 6.92 Å². The van der Waals surface area contributed by atoms with Crippen LogP contribution >= 0.6 is 0 Å². The Kier molecular flexibility index (Phi) is 5.52. The molecule has 0 spiro atoms. The first-order valence-electron chi connectivity index (χ1n) is 8.38. The Bertz CT molecular complexity index is 732. The van der Waals surface area contributed by atoms with Crippen LogP contribution < -0.4 is 5.32 Å². The molecule has 1 N–H and O–H groups in total. The smallest absolute Gasteiger partial charge is 0.287 e. The minimum absolute atomic E-state index is 0.126. The van der Waals surface area contributed by atoms with Crippen LogP contribution in [0.4, 0.5) is 0 Å². The highest BCUT2D eigenvalue weighted by Crippen LogP contribution is 2.09. The van der Waals surface area contributed by atoms with E-state index < -0.39 is 11.9 Å². The minimum Gasteiger partial charge on any atom is -0.361 e. The second-order valence-electron chi connectivity index (χ2n) is 6.11. The van der Waals surface area contributed by atoms with Crippen LogP contribution in [0.15, 0.2) is 33.0 Å². The molecule has 1 aromatic rings. The Morgan fingerprint density at radius 2 is 2.08 bits per heavy atom. The molecule has 138 valence electrons. The van der Waals surface area contributed by atoms with Gasteiger partial charge in [-0.05, 0) is 13.0 Å². The van der Waals surface area contributed by atoms with Gasteiger partial charge in [0.1, 0.15) is 5.76 Å². The monoisotopic (exact) mass is 360 g/mol. The van der Waals surface area contributed by atoms with E-state index >= 15 is 0 Å². The van der Waals surface area contributed by atoms with E-state index in [1.165, 1.54) is 12.2 Å². The van der Waals surface area contributed by atoms with Crippen molar-refractivity contribution in [2.75, 3.05) is 39.3 Å². The second-order valence-corrected chi connectivity index (χ2v) is 6.11. The highest BCUT2D eigenvalue weighted by atomic mass is 16.5. The van der Waals surface area contributed by atoms with Gasteiger partial charge in [-0.25, -0.2) is 0 Å². The molecule has 0 aliphatic carbocycles. The van der Waals surface area contributed by atoms with Crippen molar-refractivity contribution in [2.24, 2.45) is 10.2 Å². The van der Waals surface area contributed by atoms with E-state index in [1.807, 2.05) is 0 Å². The Morgan fingerprint density at radius 1 is 1.31 bits per heavy atom. The van der Waals surface area contributed by atoms with Gasteiger partial charge in [0, 0.05) is 51.4 Å². The van der Waals surface area contributed by atoms with Crippen molar-refractivity contribution in [1.82, 2.24) is 20.3 Å². The molecule has 2 aliphatic rings. The van der Waals surface area contributed by atoms with E-state index in [0.29, 0.717) is 37.6 Å². The molecule has 10 heteroatoms. The first-order valence-corrected chi connectivity index (χ1v) is 8.38. The number of hydrogen-bond acceptors (Lipinski definition) is 7. The number of aryl methyl sites for hydroxylation is 1. The molecule has 1 saturated heterocycles. The minimum atomic E-state index is -0.743. The van der Waals surface area contributed by atoms with Crippen LogP contribution in [0.5, 0.6) is 0 Å². The Balaban J connectivity index is 1.37. The summed E-state index contributed by atoms with van der Waals surface area (Å²) in [5, 5.41) is 13.5. The zero-order chi connectivity index (χ0) is 18.5. The molecule has 1 aromatic heterocycles. The molecule has 1 unspecified atom stereocenters. The van der Waals surface area contributed by atoms with Crippen molar-refractivity contribution >= 4 is 17.7 Å². The summed E-state index contributed by atoms with van der Waals surface area (Å²) in [5.41, 5.74) is 0.330. The summed E-state index contributed by atoms with van der Waals surface area (Å²) in [6, 6.07) is 0.891. The number of carbonyl (C=O) groups is 3. The van der Waals surface area contributed by atoms with E-state index in [0.717, 1.165) is 13.1 Å². The van der Waals surface area contributed by atoms with Crippen LogP contribution in [0.3, 0.4) is 0 Å². The molecule has 0 bridgehead atoms. The lowest BCUT2D eigenvalue weighted by Gasteiger charge is -2.34. The number of nitrogens with one attached hydrogen (secondary N) is 1. The summed E-state index contributed by atoms with van der Waals surface area (Å²) in [6.45, 7) is 5.51. The highest BCUT2D eigenvalue weighted by molar-refractivity contribution is 5.93. The number of piperazine rings is 1. The van der Waals surface area contributed by atoms with Gasteiger partial charge >= 0.3 is 0 Å². The molecule has 26 heavy (non-hydrogen) atoms. The van der Waals surface area contributed by atoms with Gasteiger partial charge < -0.3 is 14.7 Å². The molecular formula is C16H20N6O4. The molecule has 2 aliphatic heterocycles. The summed E-state index contributed by atoms with van der Waals surface area (Å²) < 4.78 is 4.94. The summed E-state index contributed by atoms with van der Waals surface area (Å²) in [6.07, 6.45) is 2.67. The summed E-state index contributed by atoms with van der Waals surface area (Å²) in [4.78, 5) is 39.0. The van der Waals surface area contributed by atoms with Gasteiger partial charge in [-0.2, -0.15) is 5.11 Å². The van der Waals surface area contributed by atoms with Crippen molar-refractivity contribution in [3.8, 4) is 0 Å². The second kappa shape index (κ2) is 8.00. The molecule has 10 nitrogen and oxygen atoms in total. The first-order chi connectivity index (χ1) is 12.5. The topological polar surface area (TPSA) is 120 Å². The number of amides is 3. The van der Waals surface area contributed by atoms with Crippen LogP contribution in [-0.2, 0) is 9.59 Å². The van der Waals surface area contributed by atoms with Crippen LogP contribution in [-0.4, -0.2) is 78.0 Å². The van der Waals surface area contributed by atoms with Crippen LogP contribution in [0.25, 0.3) is 0 Å². The molecule has 0 saturated carbocycles. The van der Waals surface area contributed by atoms with Gasteiger partial charge in [-0.1, -0.05) is 5.16 Å². The maximum Gasteiger partial charge on any atom is 0.287 e. The number of nitrogens with zero attached hydrogens (tertiary/aromatic N) is 5. The molecule has 3 heterocycles. The third-order valence-electron chi connectivity index (χ3n) is 4.20. The first kappa shape index (κ1) is 17.9. The normalized spacial score (nSPS) is 20.4. The van der Waals surface area contributed by atoms with Crippen LogP contribution in [0.1, 0.15) is 16.2 Å². The van der Waals surface area contributed by atoms with Crippen molar-refractivity contribution < 1.29 is 18.9 Å². The predicted octanol–water partition coefficient (Wildman–Crippen LogP) is -0.226. The fourth-order valence-corrected chi connectivity index (χ4v) is 2.75. The van der Waals surface area contributed by atoms with E-state index in [2.05, 4.69) is 25.6 Å². The lowest BCUT2D eigenvalue weighted by molar-refractivity contribution is -0.121. The number of hydrogen-bond donors (Lipinski definition) is 1. The van der Waals surface area contributed by atoms with Gasteiger partial charge in [0.05, 0.1) is 0 Å².